The molecule has 0 aliphatic heterocycles. The van der Waals surface area contributed by atoms with Gasteiger partial charge < -0.3 is 4.74 Å². The van der Waals surface area contributed by atoms with E-state index in [1.165, 1.54) is 11.8 Å². The second-order valence-corrected chi connectivity index (χ2v) is 8.23. The molecule has 0 spiro atoms. The van der Waals surface area contributed by atoms with E-state index in [0.29, 0.717) is 5.01 Å². The molecular weight excluding hydrogens is 449 g/mol. The maximum atomic E-state index is 13.0. The summed E-state index contributed by atoms with van der Waals surface area (Å²) in [6, 6.07) is 0. The first kappa shape index (κ1) is 23.6. The zero-order chi connectivity index (χ0) is 21.6. The molecule has 1 aliphatic rings. The zero-order valence-electron chi connectivity index (χ0n) is 15.5. The number of esters is 1. The fourth-order valence-electron chi connectivity index (χ4n) is 2.30. The Kier molecular flexibility index (Phi) is 8.41. The van der Waals surface area contributed by atoms with E-state index in [0.717, 1.165) is 35.3 Å². The summed E-state index contributed by atoms with van der Waals surface area (Å²) in [4.78, 5) is 15.6. The van der Waals surface area contributed by atoms with Crippen LogP contribution in [0.1, 0.15) is 29.8 Å². The predicted octanol–water partition coefficient (Wildman–Crippen LogP) is 4.50. The lowest BCUT2D eigenvalue weighted by molar-refractivity contribution is -0.139. The summed E-state index contributed by atoms with van der Waals surface area (Å²) in [6.07, 6.45) is 2.43. The standard InChI is InChI=1S/C17H18ClF3N4O2S2/c1-9-4-3-5-10(6-9)15-24-25-16(29-15)13(12(18)14(22)17(19,20)21)23-7-11(26)27-8-28-2/h5-6,12,22H,3-4,7-8H2,1-2H3. The number of carbonyl (C=O) groups is 1. The maximum Gasteiger partial charge on any atom is 0.430 e. The molecule has 2 rings (SSSR count). The van der Waals surface area contributed by atoms with Gasteiger partial charge in [0.1, 0.15) is 28.6 Å². The van der Waals surface area contributed by atoms with Gasteiger partial charge in [-0.25, -0.2) is 0 Å². The first-order chi connectivity index (χ1) is 13.6. The molecule has 6 nitrogen and oxygen atoms in total. The summed E-state index contributed by atoms with van der Waals surface area (Å²) in [5, 5.41) is 13.8. The summed E-state index contributed by atoms with van der Waals surface area (Å²) in [7, 11) is 0. The van der Waals surface area contributed by atoms with Crippen LogP contribution in [-0.4, -0.2) is 57.9 Å². The van der Waals surface area contributed by atoms with Gasteiger partial charge in [-0.05, 0) is 26.0 Å². The fourth-order valence-corrected chi connectivity index (χ4v) is 3.80. The Morgan fingerprint density at radius 2 is 2.21 bits per heavy atom. The normalized spacial score (nSPS) is 16.1. The topological polar surface area (TPSA) is 88.3 Å². The van der Waals surface area contributed by atoms with Crippen molar-refractivity contribution in [2.75, 3.05) is 18.7 Å². The molecule has 29 heavy (non-hydrogen) atoms. The van der Waals surface area contributed by atoms with Crippen molar-refractivity contribution in [3.05, 3.63) is 27.7 Å². The number of nitrogens with zero attached hydrogens (tertiary/aromatic N) is 3. The molecule has 1 aromatic rings. The van der Waals surface area contributed by atoms with Crippen LogP contribution in [0.5, 0.6) is 0 Å². The van der Waals surface area contributed by atoms with Crippen molar-refractivity contribution in [3.63, 3.8) is 0 Å². The first-order valence-corrected chi connectivity index (χ1v) is 11.0. The number of rotatable bonds is 8. The van der Waals surface area contributed by atoms with Crippen molar-refractivity contribution in [3.8, 4) is 0 Å². The van der Waals surface area contributed by atoms with Crippen LogP contribution in [0, 0.1) is 5.41 Å². The lowest BCUT2D eigenvalue weighted by atomic mass is 10.0. The summed E-state index contributed by atoms with van der Waals surface area (Å²) in [5.74, 6) is -0.632. The molecule has 1 heterocycles. The third kappa shape index (κ3) is 6.65. The third-order valence-electron chi connectivity index (χ3n) is 3.71. The van der Waals surface area contributed by atoms with Crippen molar-refractivity contribution >= 4 is 57.7 Å². The van der Waals surface area contributed by atoms with Gasteiger partial charge in [-0.1, -0.05) is 29.1 Å². The largest absolute Gasteiger partial charge is 0.453 e. The molecule has 0 amide bonds. The molecule has 1 unspecified atom stereocenters. The average molecular weight is 467 g/mol. The predicted molar refractivity (Wildman–Crippen MR) is 110 cm³/mol. The molecule has 0 bridgehead atoms. The smallest absolute Gasteiger partial charge is 0.430 e. The van der Waals surface area contributed by atoms with E-state index in [1.54, 1.807) is 6.26 Å². The van der Waals surface area contributed by atoms with Crippen molar-refractivity contribution in [1.82, 2.24) is 10.2 Å². The molecule has 0 fully saturated rings. The second kappa shape index (κ2) is 10.4. The molecule has 0 saturated heterocycles. The number of allylic oxidation sites excluding steroid dienone is 4. The number of hydrogen-bond donors (Lipinski definition) is 1. The highest BCUT2D eigenvalue weighted by atomic mass is 35.5. The number of aromatic nitrogens is 2. The van der Waals surface area contributed by atoms with Crippen molar-refractivity contribution in [2.24, 2.45) is 4.99 Å². The summed E-state index contributed by atoms with van der Waals surface area (Å²) in [6.45, 7) is 1.43. The van der Waals surface area contributed by atoms with Crippen LogP contribution in [0.2, 0.25) is 0 Å². The number of aliphatic imine (C=N–C) groups is 1. The van der Waals surface area contributed by atoms with E-state index in [-0.39, 0.29) is 16.7 Å². The van der Waals surface area contributed by atoms with Crippen LogP contribution in [0.15, 0.2) is 22.7 Å². The number of hydrogen-bond acceptors (Lipinski definition) is 8. The van der Waals surface area contributed by atoms with E-state index in [2.05, 4.69) is 15.2 Å². The second-order valence-electron chi connectivity index (χ2n) is 6.00. The number of alkyl halides is 4. The minimum Gasteiger partial charge on any atom is -0.453 e. The van der Waals surface area contributed by atoms with Crippen LogP contribution >= 0.6 is 34.7 Å². The Morgan fingerprint density at radius 3 is 2.83 bits per heavy atom. The first-order valence-electron chi connectivity index (χ1n) is 8.33. The zero-order valence-corrected chi connectivity index (χ0v) is 17.9. The van der Waals surface area contributed by atoms with Gasteiger partial charge in [0.25, 0.3) is 0 Å². The molecule has 1 atom stereocenters. The van der Waals surface area contributed by atoms with Gasteiger partial charge in [-0.15, -0.1) is 33.6 Å². The Bertz CT molecular complexity index is 865. The lowest BCUT2D eigenvalue weighted by Gasteiger charge is -2.14. The monoisotopic (exact) mass is 466 g/mol. The van der Waals surface area contributed by atoms with Crippen molar-refractivity contribution in [1.29, 1.82) is 5.41 Å². The number of nitrogens with one attached hydrogen (secondary N) is 1. The van der Waals surface area contributed by atoms with E-state index < -0.39 is 29.8 Å². The third-order valence-corrected chi connectivity index (χ3v) is 5.48. The van der Waals surface area contributed by atoms with Gasteiger partial charge in [0.2, 0.25) is 0 Å². The summed E-state index contributed by atoms with van der Waals surface area (Å²) < 4.78 is 43.8. The van der Waals surface area contributed by atoms with Gasteiger partial charge in [-0.3, -0.25) is 15.2 Å². The number of thioether (sulfide) groups is 1. The van der Waals surface area contributed by atoms with E-state index in [4.69, 9.17) is 21.7 Å². The molecule has 1 aromatic heterocycles. The van der Waals surface area contributed by atoms with Gasteiger partial charge in [0, 0.05) is 5.57 Å². The van der Waals surface area contributed by atoms with E-state index >= 15 is 0 Å². The van der Waals surface area contributed by atoms with Crippen LogP contribution in [-0.2, 0) is 9.53 Å². The Hall–Kier alpha value is -1.72. The van der Waals surface area contributed by atoms with Crippen LogP contribution in [0.4, 0.5) is 13.2 Å². The Balaban J connectivity index is 2.33. The van der Waals surface area contributed by atoms with Gasteiger partial charge in [-0.2, -0.15) is 13.2 Å². The van der Waals surface area contributed by atoms with E-state index in [1.807, 2.05) is 19.1 Å². The highest BCUT2D eigenvalue weighted by Crippen LogP contribution is 2.29. The molecule has 1 aliphatic carbocycles. The van der Waals surface area contributed by atoms with Gasteiger partial charge >= 0.3 is 12.1 Å². The molecular formula is C17H18ClF3N4O2S2. The van der Waals surface area contributed by atoms with Crippen LogP contribution < -0.4 is 0 Å². The lowest BCUT2D eigenvalue weighted by Crippen LogP contribution is -2.36. The van der Waals surface area contributed by atoms with Gasteiger partial charge in [0.05, 0.1) is 5.71 Å². The Morgan fingerprint density at radius 1 is 1.48 bits per heavy atom. The fraction of sp³-hybridized carbons (Fsp3) is 0.471. The van der Waals surface area contributed by atoms with Crippen LogP contribution in [0.25, 0.3) is 5.57 Å². The minimum atomic E-state index is -4.94. The quantitative estimate of drug-likeness (QED) is 0.263. The molecule has 0 saturated carbocycles. The highest BCUT2D eigenvalue weighted by molar-refractivity contribution is 7.98. The van der Waals surface area contributed by atoms with Gasteiger partial charge in [0.15, 0.2) is 5.01 Å². The molecule has 1 N–H and O–H groups in total. The van der Waals surface area contributed by atoms with Crippen molar-refractivity contribution < 1.29 is 22.7 Å². The molecule has 0 aromatic carbocycles. The summed E-state index contributed by atoms with van der Waals surface area (Å²) >= 11 is 8.17. The van der Waals surface area contributed by atoms with Crippen molar-refractivity contribution in [2.45, 2.75) is 31.3 Å². The highest BCUT2D eigenvalue weighted by Gasteiger charge is 2.41. The molecule has 0 radical (unpaired) electrons. The van der Waals surface area contributed by atoms with E-state index in [9.17, 15) is 18.0 Å². The molecule has 12 heteroatoms. The maximum absolute atomic E-state index is 13.0. The summed E-state index contributed by atoms with van der Waals surface area (Å²) in [5.41, 5.74) is -0.0669. The average Bonchev–Trinajstić information content (AvgIpc) is 3.15. The Labute approximate surface area is 178 Å². The number of halogens is 4. The minimum absolute atomic E-state index is 0.0178. The molecule has 158 valence electrons. The SMILES string of the molecule is CSCOC(=O)CN=C(c1nnc(C2=CCCC(C)=C2)s1)C(Cl)C(=N)C(F)(F)F. The van der Waals surface area contributed by atoms with Crippen LogP contribution in [0.3, 0.4) is 0 Å². The number of ether oxygens (including phenoxy) is 1. The number of carbonyl (C=O) groups excluding carboxylic acids is 1.